The SMILES string of the molecule is Cc1ccc(C(F)(F)F)c(C)c1C(=O)N1CCN(CCc2ccc(Cl)cc2)CC1. The van der Waals surface area contributed by atoms with E-state index < -0.39 is 11.7 Å². The second-order valence-corrected chi connectivity index (χ2v) is 7.87. The summed E-state index contributed by atoms with van der Waals surface area (Å²) in [5.41, 5.74) is 1.21. The number of piperazine rings is 1. The summed E-state index contributed by atoms with van der Waals surface area (Å²) >= 11 is 5.90. The maximum atomic E-state index is 13.2. The predicted molar refractivity (Wildman–Crippen MR) is 108 cm³/mol. The lowest BCUT2D eigenvalue weighted by atomic mass is 9.96. The number of halogens is 4. The summed E-state index contributed by atoms with van der Waals surface area (Å²) in [5, 5.41) is 0.709. The van der Waals surface area contributed by atoms with Gasteiger partial charge in [0.15, 0.2) is 0 Å². The van der Waals surface area contributed by atoms with E-state index in [0.717, 1.165) is 19.0 Å². The van der Waals surface area contributed by atoms with E-state index in [0.29, 0.717) is 36.8 Å². The average molecular weight is 425 g/mol. The van der Waals surface area contributed by atoms with E-state index >= 15 is 0 Å². The van der Waals surface area contributed by atoms with Crippen molar-refractivity contribution in [2.75, 3.05) is 32.7 Å². The van der Waals surface area contributed by atoms with Crippen LogP contribution in [0.3, 0.4) is 0 Å². The monoisotopic (exact) mass is 424 g/mol. The van der Waals surface area contributed by atoms with Gasteiger partial charge in [0.25, 0.3) is 5.91 Å². The minimum absolute atomic E-state index is 0.00710. The standard InChI is InChI=1S/C22H24ClF3N2O/c1-15-3-8-19(22(24,25)26)16(2)20(15)21(29)28-13-11-27(12-14-28)10-9-17-4-6-18(23)7-5-17/h3-8H,9-14H2,1-2H3. The van der Waals surface area contributed by atoms with Gasteiger partial charge in [0.1, 0.15) is 0 Å². The van der Waals surface area contributed by atoms with Gasteiger partial charge in [-0.05, 0) is 55.2 Å². The third-order valence-electron chi connectivity index (χ3n) is 5.48. The molecule has 1 amide bonds. The molecule has 1 saturated heterocycles. The van der Waals surface area contributed by atoms with Gasteiger partial charge in [0.2, 0.25) is 0 Å². The number of hydrogen-bond donors (Lipinski definition) is 0. The van der Waals surface area contributed by atoms with Gasteiger partial charge in [-0.2, -0.15) is 13.2 Å². The summed E-state index contributed by atoms with van der Waals surface area (Å²) in [7, 11) is 0. The normalized spacial score (nSPS) is 15.6. The average Bonchev–Trinajstić information content (AvgIpc) is 2.67. The van der Waals surface area contributed by atoms with E-state index in [-0.39, 0.29) is 17.0 Å². The second kappa shape index (κ2) is 8.76. The van der Waals surface area contributed by atoms with Gasteiger partial charge in [-0.25, -0.2) is 0 Å². The van der Waals surface area contributed by atoms with Gasteiger partial charge < -0.3 is 4.90 Å². The number of nitrogens with zero attached hydrogens (tertiary/aromatic N) is 2. The molecule has 156 valence electrons. The lowest BCUT2D eigenvalue weighted by Crippen LogP contribution is -2.49. The van der Waals surface area contributed by atoms with Crippen molar-refractivity contribution in [3.63, 3.8) is 0 Å². The number of aryl methyl sites for hydroxylation is 1. The van der Waals surface area contributed by atoms with Crippen molar-refractivity contribution in [2.45, 2.75) is 26.4 Å². The molecular formula is C22H24ClF3N2O. The molecule has 1 aliphatic heterocycles. The first kappa shape index (κ1) is 21.7. The van der Waals surface area contributed by atoms with Crippen molar-refractivity contribution in [3.8, 4) is 0 Å². The maximum Gasteiger partial charge on any atom is 0.416 e. The lowest BCUT2D eigenvalue weighted by molar-refractivity contribution is -0.138. The first-order valence-corrected chi connectivity index (χ1v) is 9.98. The second-order valence-electron chi connectivity index (χ2n) is 7.44. The van der Waals surface area contributed by atoms with E-state index in [1.54, 1.807) is 11.8 Å². The van der Waals surface area contributed by atoms with Crippen LogP contribution < -0.4 is 0 Å². The quantitative estimate of drug-likeness (QED) is 0.691. The van der Waals surface area contributed by atoms with Gasteiger partial charge in [-0.3, -0.25) is 9.69 Å². The molecule has 0 radical (unpaired) electrons. The fourth-order valence-electron chi connectivity index (χ4n) is 3.75. The summed E-state index contributed by atoms with van der Waals surface area (Å²) < 4.78 is 39.7. The minimum Gasteiger partial charge on any atom is -0.336 e. The molecule has 2 aromatic rings. The van der Waals surface area contributed by atoms with Crippen LogP contribution in [0.25, 0.3) is 0 Å². The van der Waals surface area contributed by atoms with Crippen molar-refractivity contribution in [2.24, 2.45) is 0 Å². The van der Waals surface area contributed by atoms with Crippen molar-refractivity contribution in [3.05, 3.63) is 69.2 Å². The zero-order valence-electron chi connectivity index (χ0n) is 16.5. The highest BCUT2D eigenvalue weighted by Gasteiger charge is 2.35. The van der Waals surface area contributed by atoms with Crippen LogP contribution in [0, 0.1) is 13.8 Å². The number of carbonyl (C=O) groups excluding carboxylic acids is 1. The lowest BCUT2D eigenvalue weighted by Gasteiger charge is -2.35. The highest BCUT2D eigenvalue weighted by atomic mass is 35.5. The highest BCUT2D eigenvalue weighted by Crippen LogP contribution is 2.34. The Hall–Kier alpha value is -2.05. The molecule has 3 nitrogen and oxygen atoms in total. The third kappa shape index (κ3) is 5.11. The van der Waals surface area contributed by atoms with Crippen LogP contribution in [0.2, 0.25) is 5.02 Å². The summed E-state index contributed by atoms with van der Waals surface area (Å²) in [6, 6.07) is 10.2. The van der Waals surface area contributed by atoms with Crippen molar-refractivity contribution < 1.29 is 18.0 Å². The summed E-state index contributed by atoms with van der Waals surface area (Å²) in [4.78, 5) is 16.9. The predicted octanol–water partition coefficient (Wildman–Crippen LogP) is 4.98. The molecule has 0 unspecified atom stereocenters. The molecule has 0 aromatic heterocycles. The Morgan fingerprint density at radius 2 is 1.62 bits per heavy atom. The largest absolute Gasteiger partial charge is 0.416 e. The number of rotatable bonds is 4. The first-order valence-electron chi connectivity index (χ1n) is 9.60. The number of amides is 1. The molecule has 0 saturated carbocycles. The molecule has 0 atom stereocenters. The zero-order valence-corrected chi connectivity index (χ0v) is 17.3. The molecule has 3 rings (SSSR count). The van der Waals surface area contributed by atoms with Crippen LogP contribution in [0.1, 0.15) is 32.6 Å². The molecular weight excluding hydrogens is 401 g/mol. The molecule has 29 heavy (non-hydrogen) atoms. The third-order valence-corrected chi connectivity index (χ3v) is 5.73. The number of benzene rings is 2. The van der Waals surface area contributed by atoms with E-state index in [4.69, 9.17) is 11.6 Å². The molecule has 0 bridgehead atoms. The van der Waals surface area contributed by atoms with E-state index in [1.807, 2.05) is 24.3 Å². The zero-order chi connectivity index (χ0) is 21.2. The van der Waals surface area contributed by atoms with Crippen LogP contribution in [0.4, 0.5) is 13.2 Å². The molecule has 0 N–H and O–H groups in total. The molecule has 0 aliphatic carbocycles. The Bertz CT molecular complexity index is 873. The molecule has 1 aliphatic rings. The Labute approximate surface area is 174 Å². The van der Waals surface area contributed by atoms with Crippen LogP contribution in [-0.2, 0) is 12.6 Å². The van der Waals surface area contributed by atoms with Crippen molar-refractivity contribution >= 4 is 17.5 Å². The van der Waals surface area contributed by atoms with Crippen LogP contribution in [0.5, 0.6) is 0 Å². The van der Waals surface area contributed by atoms with E-state index in [9.17, 15) is 18.0 Å². The number of carbonyl (C=O) groups is 1. The van der Waals surface area contributed by atoms with Gasteiger partial charge in [0.05, 0.1) is 5.56 Å². The molecule has 1 fully saturated rings. The first-order chi connectivity index (χ1) is 13.7. The van der Waals surface area contributed by atoms with E-state index in [2.05, 4.69) is 4.90 Å². The fraction of sp³-hybridized carbons (Fsp3) is 0.409. The van der Waals surface area contributed by atoms with Gasteiger partial charge in [-0.1, -0.05) is 29.8 Å². The number of alkyl halides is 3. The molecule has 1 heterocycles. The molecule has 7 heteroatoms. The van der Waals surface area contributed by atoms with Crippen molar-refractivity contribution in [1.82, 2.24) is 9.80 Å². The fourth-order valence-corrected chi connectivity index (χ4v) is 3.88. The van der Waals surface area contributed by atoms with Crippen LogP contribution >= 0.6 is 11.6 Å². The Balaban J connectivity index is 1.62. The van der Waals surface area contributed by atoms with Crippen molar-refractivity contribution in [1.29, 1.82) is 0 Å². The van der Waals surface area contributed by atoms with E-state index in [1.165, 1.54) is 18.6 Å². The molecule has 0 spiro atoms. The maximum absolute atomic E-state index is 13.2. The summed E-state index contributed by atoms with van der Waals surface area (Å²) in [6.07, 6.45) is -3.58. The van der Waals surface area contributed by atoms with Gasteiger partial charge in [0, 0.05) is 43.3 Å². The molecule has 2 aromatic carbocycles. The van der Waals surface area contributed by atoms with Crippen LogP contribution in [-0.4, -0.2) is 48.4 Å². The summed E-state index contributed by atoms with van der Waals surface area (Å²) in [5.74, 6) is -0.316. The Morgan fingerprint density at radius 1 is 1.00 bits per heavy atom. The van der Waals surface area contributed by atoms with Gasteiger partial charge >= 0.3 is 6.18 Å². The Kier molecular flexibility index (Phi) is 6.54. The topological polar surface area (TPSA) is 23.6 Å². The number of hydrogen-bond acceptors (Lipinski definition) is 2. The Morgan fingerprint density at radius 3 is 2.21 bits per heavy atom. The highest BCUT2D eigenvalue weighted by molar-refractivity contribution is 6.30. The van der Waals surface area contributed by atoms with Gasteiger partial charge in [-0.15, -0.1) is 0 Å². The van der Waals surface area contributed by atoms with Crippen LogP contribution in [0.15, 0.2) is 36.4 Å². The summed E-state index contributed by atoms with van der Waals surface area (Å²) in [6.45, 7) is 6.36. The smallest absolute Gasteiger partial charge is 0.336 e. The minimum atomic E-state index is -4.47.